The second-order valence-electron chi connectivity index (χ2n) is 4.49. The molecule has 0 bridgehead atoms. The van der Waals surface area contributed by atoms with Crippen LogP contribution in [0.1, 0.15) is 15.9 Å². The van der Waals surface area contributed by atoms with Crippen LogP contribution in [0, 0.1) is 0 Å². The van der Waals surface area contributed by atoms with Gasteiger partial charge in [0.15, 0.2) is 0 Å². The van der Waals surface area contributed by atoms with Gasteiger partial charge in [-0.25, -0.2) is 5.43 Å². The minimum atomic E-state index is -0.887. The smallest absolute Gasteiger partial charge is 0.313 e. The summed E-state index contributed by atoms with van der Waals surface area (Å²) in [6, 6.07) is 12.6. The lowest BCUT2D eigenvalue weighted by atomic mass is 10.1. The number of carboxylic acid groups (broad SMARTS) is 1. The van der Waals surface area contributed by atoms with Crippen molar-refractivity contribution in [1.29, 1.82) is 0 Å². The van der Waals surface area contributed by atoms with Crippen LogP contribution in [-0.2, 0) is 4.79 Å². The number of aliphatic carboxylic acids is 1. The Morgan fingerprint density at radius 2 is 1.83 bits per heavy atom. The van der Waals surface area contributed by atoms with Gasteiger partial charge in [-0.15, -0.1) is 11.8 Å². The maximum absolute atomic E-state index is 12.0. The molecule has 0 unspecified atom stereocenters. The number of carbonyl (C=O) groups excluding carboxylic acids is 1. The van der Waals surface area contributed by atoms with Crippen molar-refractivity contribution in [2.45, 2.75) is 0 Å². The fraction of sp³-hybridized carbons (Fsp3) is 0.125. The predicted molar refractivity (Wildman–Crippen MR) is 89.6 cm³/mol. The van der Waals surface area contributed by atoms with Gasteiger partial charge in [-0.05, 0) is 17.7 Å². The molecule has 0 atom stereocenters. The van der Waals surface area contributed by atoms with Crippen molar-refractivity contribution < 1.29 is 14.7 Å². The SMILES string of the molecule is O=C(O)CSC/C(=N\NC(=O)c1cccnc1)c1ccccc1. The highest BCUT2D eigenvalue weighted by atomic mass is 32.2. The molecule has 0 fully saturated rings. The normalized spacial score (nSPS) is 11.0. The van der Waals surface area contributed by atoms with E-state index in [2.05, 4.69) is 15.5 Å². The first-order valence-electron chi connectivity index (χ1n) is 6.78. The molecule has 0 aliphatic heterocycles. The van der Waals surface area contributed by atoms with E-state index >= 15 is 0 Å². The number of nitrogens with one attached hydrogen (secondary N) is 1. The summed E-state index contributed by atoms with van der Waals surface area (Å²) in [4.78, 5) is 26.5. The number of amides is 1. The Hall–Kier alpha value is -2.67. The van der Waals surface area contributed by atoms with Gasteiger partial charge < -0.3 is 5.11 Å². The highest BCUT2D eigenvalue weighted by molar-refractivity contribution is 8.00. The summed E-state index contributed by atoms with van der Waals surface area (Å²) < 4.78 is 0. The van der Waals surface area contributed by atoms with E-state index in [-0.39, 0.29) is 11.7 Å². The molecular weight excluding hydrogens is 314 g/mol. The summed E-state index contributed by atoms with van der Waals surface area (Å²) in [5.74, 6) is -0.900. The van der Waals surface area contributed by atoms with Crippen molar-refractivity contribution in [1.82, 2.24) is 10.4 Å². The molecule has 2 rings (SSSR count). The quantitative estimate of drug-likeness (QED) is 0.599. The van der Waals surface area contributed by atoms with Crippen LogP contribution in [0.15, 0.2) is 60.0 Å². The molecule has 2 N–H and O–H groups in total. The minimum Gasteiger partial charge on any atom is -0.481 e. The van der Waals surface area contributed by atoms with Crippen LogP contribution in [0.25, 0.3) is 0 Å². The molecule has 23 heavy (non-hydrogen) atoms. The van der Waals surface area contributed by atoms with Gasteiger partial charge in [-0.3, -0.25) is 14.6 Å². The largest absolute Gasteiger partial charge is 0.481 e. The number of carbonyl (C=O) groups is 2. The lowest BCUT2D eigenvalue weighted by Gasteiger charge is -2.07. The van der Waals surface area contributed by atoms with Gasteiger partial charge in [0, 0.05) is 18.1 Å². The van der Waals surface area contributed by atoms with Gasteiger partial charge in [-0.2, -0.15) is 5.10 Å². The Balaban J connectivity index is 2.09. The van der Waals surface area contributed by atoms with Crippen molar-refractivity contribution in [3.63, 3.8) is 0 Å². The topological polar surface area (TPSA) is 91.6 Å². The molecule has 6 nitrogen and oxygen atoms in total. The van der Waals surface area contributed by atoms with Crippen LogP contribution >= 0.6 is 11.8 Å². The number of hydrogen-bond acceptors (Lipinski definition) is 5. The van der Waals surface area contributed by atoms with E-state index in [9.17, 15) is 9.59 Å². The average Bonchev–Trinajstić information content (AvgIpc) is 2.59. The Bertz CT molecular complexity index is 690. The summed E-state index contributed by atoms with van der Waals surface area (Å²) in [5.41, 5.74) is 4.32. The van der Waals surface area contributed by atoms with Gasteiger partial charge in [0.05, 0.1) is 17.0 Å². The van der Waals surface area contributed by atoms with E-state index in [1.807, 2.05) is 30.3 Å². The van der Waals surface area contributed by atoms with Crippen LogP contribution in [-0.4, -0.2) is 39.2 Å². The zero-order chi connectivity index (χ0) is 16.5. The lowest BCUT2D eigenvalue weighted by Crippen LogP contribution is -2.21. The van der Waals surface area contributed by atoms with E-state index in [0.29, 0.717) is 17.0 Å². The third-order valence-corrected chi connectivity index (χ3v) is 3.72. The van der Waals surface area contributed by atoms with Crippen molar-refractivity contribution in [3.8, 4) is 0 Å². The molecule has 0 spiro atoms. The van der Waals surface area contributed by atoms with E-state index in [4.69, 9.17) is 5.11 Å². The maximum atomic E-state index is 12.0. The average molecular weight is 329 g/mol. The molecule has 2 aromatic rings. The zero-order valence-corrected chi connectivity index (χ0v) is 13.0. The second-order valence-corrected chi connectivity index (χ2v) is 5.48. The number of thioether (sulfide) groups is 1. The number of pyridine rings is 1. The molecule has 7 heteroatoms. The third-order valence-electron chi connectivity index (χ3n) is 2.79. The lowest BCUT2D eigenvalue weighted by molar-refractivity contribution is -0.133. The van der Waals surface area contributed by atoms with Gasteiger partial charge >= 0.3 is 5.97 Å². The van der Waals surface area contributed by atoms with E-state index in [1.54, 1.807) is 18.3 Å². The second kappa shape index (κ2) is 8.70. The summed E-state index contributed by atoms with van der Waals surface area (Å²) in [6.45, 7) is 0. The Morgan fingerprint density at radius 1 is 1.09 bits per heavy atom. The Kier molecular flexibility index (Phi) is 6.31. The summed E-state index contributed by atoms with van der Waals surface area (Å²) in [7, 11) is 0. The highest BCUT2D eigenvalue weighted by Gasteiger charge is 2.08. The first-order chi connectivity index (χ1) is 11.2. The van der Waals surface area contributed by atoms with Crippen LogP contribution < -0.4 is 5.43 Å². The highest BCUT2D eigenvalue weighted by Crippen LogP contribution is 2.08. The van der Waals surface area contributed by atoms with Crippen molar-refractivity contribution in [2.24, 2.45) is 5.10 Å². The van der Waals surface area contributed by atoms with Crippen LogP contribution in [0.4, 0.5) is 0 Å². The van der Waals surface area contributed by atoms with Crippen LogP contribution in [0.5, 0.6) is 0 Å². The maximum Gasteiger partial charge on any atom is 0.313 e. The van der Waals surface area contributed by atoms with E-state index in [0.717, 1.165) is 5.56 Å². The molecule has 0 saturated heterocycles. The van der Waals surface area contributed by atoms with Gasteiger partial charge in [0.25, 0.3) is 5.91 Å². The number of aromatic nitrogens is 1. The number of hydrazone groups is 1. The fourth-order valence-corrected chi connectivity index (χ4v) is 2.43. The molecule has 0 aliphatic carbocycles. The zero-order valence-electron chi connectivity index (χ0n) is 12.2. The van der Waals surface area contributed by atoms with Gasteiger partial charge in [-0.1, -0.05) is 30.3 Å². The number of rotatable bonds is 7. The number of carboxylic acids is 1. The van der Waals surface area contributed by atoms with Crippen molar-refractivity contribution in [3.05, 3.63) is 66.0 Å². The summed E-state index contributed by atoms with van der Waals surface area (Å²) in [5, 5.41) is 12.9. The molecule has 0 radical (unpaired) electrons. The number of hydrogen-bond donors (Lipinski definition) is 2. The van der Waals surface area contributed by atoms with Crippen LogP contribution in [0.2, 0.25) is 0 Å². The minimum absolute atomic E-state index is 0.0254. The number of benzene rings is 1. The first-order valence-corrected chi connectivity index (χ1v) is 7.94. The number of nitrogens with zero attached hydrogens (tertiary/aromatic N) is 2. The third kappa shape index (κ3) is 5.55. The Morgan fingerprint density at radius 3 is 2.48 bits per heavy atom. The summed E-state index contributed by atoms with van der Waals surface area (Å²) in [6.07, 6.45) is 3.03. The molecule has 0 aliphatic rings. The summed E-state index contributed by atoms with van der Waals surface area (Å²) >= 11 is 1.22. The Labute approximate surface area is 137 Å². The molecule has 1 aromatic carbocycles. The molecule has 1 amide bonds. The predicted octanol–water partition coefficient (Wildman–Crippen LogP) is 2.03. The molecule has 1 aromatic heterocycles. The molecule has 1 heterocycles. The van der Waals surface area contributed by atoms with Gasteiger partial charge in [0.1, 0.15) is 0 Å². The van der Waals surface area contributed by atoms with Gasteiger partial charge in [0.2, 0.25) is 0 Å². The van der Waals surface area contributed by atoms with Crippen molar-refractivity contribution >= 4 is 29.4 Å². The molecule has 0 saturated carbocycles. The standard InChI is InChI=1S/C16H15N3O3S/c20-15(21)11-23-10-14(12-5-2-1-3-6-12)18-19-16(22)13-7-4-8-17-9-13/h1-9H,10-11H2,(H,19,22)(H,20,21)/b18-14+. The van der Waals surface area contributed by atoms with E-state index < -0.39 is 5.97 Å². The molecule has 118 valence electrons. The van der Waals surface area contributed by atoms with Crippen molar-refractivity contribution in [2.75, 3.05) is 11.5 Å². The monoisotopic (exact) mass is 329 g/mol. The van der Waals surface area contributed by atoms with Crippen LogP contribution in [0.3, 0.4) is 0 Å². The van der Waals surface area contributed by atoms with E-state index in [1.165, 1.54) is 18.0 Å². The fourth-order valence-electron chi connectivity index (χ4n) is 1.73. The first kappa shape index (κ1) is 16.7. The molecular formula is C16H15N3O3S.